The van der Waals surface area contributed by atoms with Gasteiger partial charge in [0.2, 0.25) is 0 Å². The van der Waals surface area contributed by atoms with Gasteiger partial charge in [0.25, 0.3) is 0 Å². The number of carboxylic acid groups (broad SMARTS) is 1. The van der Waals surface area contributed by atoms with Gasteiger partial charge < -0.3 is 9.67 Å². The van der Waals surface area contributed by atoms with Gasteiger partial charge in [-0.1, -0.05) is 19.3 Å². The largest absolute Gasteiger partial charge is 0.480 e. The minimum absolute atomic E-state index is 0.0843. The summed E-state index contributed by atoms with van der Waals surface area (Å²) in [6.45, 7) is 1.63. The van der Waals surface area contributed by atoms with Crippen molar-refractivity contribution in [3.8, 4) is 11.3 Å². The van der Waals surface area contributed by atoms with E-state index in [0.717, 1.165) is 42.8 Å². The number of aliphatic carboxylic acids is 1. The van der Waals surface area contributed by atoms with Gasteiger partial charge in [0.05, 0.1) is 5.69 Å². The molecule has 0 atom stereocenters. The predicted octanol–water partition coefficient (Wildman–Crippen LogP) is 4.13. The highest BCUT2D eigenvalue weighted by Crippen LogP contribution is 2.33. The van der Waals surface area contributed by atoms with E-state index >= 15 is 0 Å². The van der Waals surface area contributed by atoms with Gasteiger partial charge in [-0.15, -0.1) is 0 Å². The van der Waals surface area contributed by atoms with E-state index in [1.165, 1.54) is 12.5 Å². The maximum absolute atomic E-state index is 13.5. The minimum Gasteiger partial charge on any atom is -0.480 e. The average Bonchev–Trinajstić information content (AvgIpc) is 2.94. The lowest BCUT2D eigenvalue weighted by molar-refractivity contribution is -0.137. The lowest BCUT2D eigenvalue weighted by Gasteiger charge is -2.21. The van der Waals surface area contributed by atoms with Crippen LogP contribution in [-0.4, -0.2) is 20.6 Å². The first-order valence-electron chi connectivity index (χ1n) is 8.10. The monoisotopic (exact) mass is 316 g/mol. The normalized spacial score (nSPS) is 15.7. The Morgan fingerprint density at radius 1 is 1.35 bits per heavy atom. The number of rotatable bonds is 4. The Morgan fingerprint density at radius 2 is 2.09 bits per heavy atom. The molecule has 0 saturated heterocycles. The molecular weight excluding hydrogens is 295 g/mol. The molecule has 1 aliphatic rings. The molecule has 1 heterocycles. The van der Waals surface area contributed by atoms with E-state index in [1.54, 1.807) is 29.8 Å². The Kier molecular flexibility index (Phi) is 4.46. The van der Waals surface area contributed by atoms with Crippen molar-refractivity contribution < 1.29 is 14.3 Å². The highest BCUT2D eigenvalue weighted by atomic mass is 19.1. The molecule has 1 aromatic carbocycles. The van der Waals surface area contributed by atoms with Gasteiger partial charge >= 0.3 is 5.97 Å². The van der Waals surface area contributed by atoms with Crippen LogP contribution in [0.5, 0.6) is 0 Å². The molecule has 1 saturated carbocycles. The van der Waals surface area contributed by atoms with E-state index in [2.05, 4.69) is 0 Å². The lowest BCUT2D eigenvalue weighted by Crippen LogP contribution is -2.15. The molecule has 122 valence electrons. The van der Waals surface area contributed by atoms with Gasteiger partial charge in [0, 0.05) is 17.7 Å². The topological polar surface area (TPSA) is 55.1 Å². The molecule has 5 heteroatoms. The molecule has 0 spiro atoms. The van der Waals surface area contributed by atoms with Crippen molar-refractivity contribution in [1.29, 1.82) is 0 Å². The van der Waals surface area contributed by atoms with Gasteiger partial charge in [-0.2, -0.15) is 0 Å². The van der Waals surface area contributed by atoms with Crippen LogP contribution in [0, 0.1) is 12.7 Å². The molecule has 1 N–H and O–H groups in total. The predicted molar refractivity (Wildman–Crippen MR) is 85.8 cm³/mol. The quantitative estimate of drug-likeness (QED) is 0.922. The Balaban J connectivity index is 1.99. The van der Waals surface area contributed by atoms with Crippen LogP contribution in [0.25, 0.3) is 11.3 Å². The molecule has 0 amide bonds. The van der Waals surface area contributed by atoms with E-state index < -0.39 is 5.97 Å². The highest BCUT2D eigenvalue weighted by molar-refractivity contribution is 5.67. The summed E-state index contributed by atoms with van der Waals surface area (Å²) >= 11 is 0. The molecule has 4 nitrogen and oxygen atoms in total. The molecule has 0 aliphatic heterocycles. The zero-order chi connectivity index (χ0) is 16.4. The number of carbonyl (C=O) groups is 1. The molecular formula is C18H21FN2O2. The molecule has 1 aliphatic carbocycles. The van der Waals surface area contributed by atoms with Crippen molar-refractivity contribution >= 4 is 5.97 Å². The molecule has 1 fully saturated rings. The number of benzene rings is 1. The Bertz CT molecular complexity index is 718. The summed E-state index contributed by atoms with van der Waals surface area (Å²) in [6, 6.07) is 4.88. The van der Waals surface area contributed by atoms with E-state index in [-0.39, 0.29) is 12.4 Å². The van der Waals surface area contributed by atoms with Crippen molar-refractivity contribution in [1.82, 2.24) is 9.55 Å². The second-order valence-electron chi connectivity index (χ2n) is 6.30. The third-order valence-corrected chi connectivity index (χ3v) is 4.54. The molecule has 0 unspecified atom stereocenters. The minimum atomic E-state index is -0.874. The fourth-order valence-electron chi connectivity index (χ4n) is 3.33. The van der Waals surface area contributed by atoms with Crippen LogP contribution in [-0.2, 0) is 11.3 Å². The molecule has 1 aromatic heterocycles. The van der Waals surface area contributed by atoms with Gasteiger partial charge in [0.15, 0.2) is 0 Å². The summed E-state index contributed by atoms with van der Waals surface area (Å²) in [6.07, 6.45) is 7.45. The number of hydrogen-bond donors (Lipinski definition) is 1. The summed E-state index contributed by atoms with van der Waals surface area (Å²) in [5.41, 5.74) is 2.11. The second-order valence-corrected chi connectivity index (χ2v) is 6.30. The molecule has 3 rings (SSSR count). The van der Waals surface area contributed by atoms with Crippen molar-refractivity contribution in [2.24, 2.45) is 0 Å². The number of halogens is 1. The molecule has 0 bridgehead atoms. The average molecular weight is 316 g/mol. The number of carboxylic acids is 1. The highest BCUT2D eigenvalue weighted by Gasteiger charge is 2.22. The SMILES string of the molecule is Cc1cc(-c2cn(CC(=O)O)c(C3CCCCC3)n2)ccc1F. The van der Waals surface area contributed by atoms with Crippen LogP contribution in [0.3, 0.4) is 0 Å². The number of hydrogen-bond acceptors (Lipinski definition) is 2. The first-order chi connectivity index (χ1) is 11.0. The first kappa shape index (κ1) is 15.7. The van der Waals surface area contributed by atoms with Crippen molar-refractivity contribution in [2.45, 2.75) is 51.5 Å². The summed E-state index contributed by atoms with van der Waals surface area (Å²) in [5, 5.41) is 9.15. The molecule has 2 aromatic rings. The maximum atomic E-state index is 13.5. The van der Waals surface area contributed by atoms with Crippen molar-refractivity contribution in [2.75, 3.05) is 0 Å². The smallest absolute Gasteiger partial charge is 0.323 e. The number of aryl methyl sites for hydroxylation is 1. The van der Waals surface area contributed by atoms with Crippen molar-refractivity contribution in [3.63, 3.8) is 0 Å². The Hall–Kier alpha value is -2.17. The van der Waals surface area contributed by atoms with Crippen LogP contribution in [0.4, 0.5) is 4.39 Å². The fraction of sp³-hybridized carbons (Fsp3) is 0.444. The standard InChI is InChI=1S/C18H21FN2O2/c1-12-9-14(7-8-15(12)19)16-10-21(11-17(22)23)18(20-16)13-5-3-2-4-6-13/h7-10,13H,2-6,11H2,1H3,(H,22,23). The molecule has 23 heavy (non-hydrogen) atoms. The summed E-state index contributed by atoms with van der Waals surface area (Å²) < 4.78 is 15.2. The number of imidazole rings is 1. The van der Waals surface area contributed by atoms with Crippen LogP contribution in [0.1, 0.15) is 49.4 Å². The summed E-state index contributed by atoms with van der Waals surface area (Å²) in [4.78, 5) is 15.9. The van der Waals surface area contributed by atoms with E-state index in [1.807, 2.05) is 0 Å². The van der Waals surface area contributed by atoms with E-state index in [9.17, 15) is 9.18 Å². The van der Waals surface area contributed by atoms with Crippen LogP contribution in [0.2, 0.25) is 0 Å². The Labute approximate surface area is 135 Å². The second kappa shape index (κ2) is 6.52. The maximum Gasteiger partial charge on any atom is 0.323 e. The van der Waals surface area contributed by atoms with Gasteiger partial charge in [-0.25, -0.2) is 9.37 Å². The van der Waals surface area contributed by atoms with Gasteiger partial charge in [-0.05, 0) is 43.5 Å². The van der Waals surface area contributed by atoms with Crippen LogP contribution < -0.4 is 0 Å². The van der Waals surface area contributed by atoms with Crippen LogP contribution in [0.15, 0.2) is 24.4 Å². The van der Waals surface area contributed by atoms with Gasteiger partial charge in [0.1, 0.15) is 18.2 Å². The molecule has 0 radical (unpaired) electrons. The van der Waals surface area contributed by atoms with E-state index in [0.29, 0.717) is 11.5 Å². The fourth-order valence-corrected chi connectivity index (χ4v) is 3.33. The van der Waals surface area contributed by atoms with Crippen molar-refractivity contribution in [3.05, 3.63) is 41.6 Å². The van der Waals surface area contributed by atoms with E-state index in [4.69, 9.17) is 10.1 Å². The lowest BCUT2D eigenvalue weighted by atomic mass is 9.88. The van der Waals surface area contributed by atoms with Gasteiger partial charge in [-0.3, -0.25) is 4.79 Å². The van der Waals surface area contributed by atoms with Crippen LogP contribution >= 0.6 is 0 Å². The third kappa shape index (κ3) is 3.44. The number of aromatic nitrogens is 2. The third-order valence-electron chi connectivity index (χ3n) is 4.54. The summed E-state index contributed by atoms with van der Waals surface area (Å²) in [7, 11) is 0. The zero-order valence-electron chi connectivity index (χ0n) is 13.3. The zero-order valence-corrected chi connectivity index (χ0v) is 13.3. The first-order valence-corrected chi connectivity index (χ1v) is 8.10. The Morgan fingerprint density at radius 3 is 2.74 bits per heavy atom. The number of nitrogens with zero attached hydrogens (tertiary/aromatic N) is 2. The summed E-state index contributed by atoms with van der Waals surface area (Å²) in [5.74, 6) is 0.0509.